The molecule has 156 valence electrons. The lowest BCUT2D eigenvalue weighted by molar-refractivity contribution is 0.102. The van der Waals surface area contributed by atoms with Crippen molar-refractivity contribution in [2.75, 3.05) is 19.4 Å². The number of aromatic hydroxyl groups is 1. The summed E-state index contributed by atoms with van der Waals surface area (Å²) < 4.78 is 26.3. The molecular formula is C21H22N4O4S. The first-order chi connectivity index (χ1) is 14.1. The van der Waals surface area contributed by atoms with Gasteiger partial charge in [-0.25, -0.2) is 22.7 Å². The molecule has 9 heteroatoms. The van der Waals surface area contributed by atoms with Gasteiger partial charge >= 0.3 is 0 Å². The normalized spacial score (nSPS) is 11.5. The fraction of sp³-hybridized carbons (Fsp3) is 0.190. The van der Waals surface area contributed by atoms with Gasteiger partial charge in [-0.2, -0.15) is 0 Å². The summed E-state index contributed by atoms with van der Waals surface area (Å²) in [7, 11) is -0.797. The number of hydrogen-bond donors (Lipinski definition) is 2. The van der Waals surface area contributed by atoms with Gasteiger partial charge in [-0.3, -0.25) is 4.79 Å². The number of nitrogens with one attached hydrogen (secondary N) is 1. The van der Waals surface area contributed by atoms with Crippen molar-refractivity contribution in [3.05, 3.63) is 65.5 Å². The van der Waals surface area contributed by atoms with Crippen molar-refractivity contribution >= 4 is 21.6 Å². The molecule has 0 spiro atoms. The molecule has 0 saturated carbocycles. The molecule has 8 nitrogen and oxygen atoms in total. The van der Waals surface area contributed by atoms with Crippen molar-refractivity contribution in [3.63, 3.8) is 0 Å². The number of carbonyl (C=O) groups excluding carboxylic acids is 1. The number of phenolic OH excluding ortho intramolecular Hbond substituents is 1. The quantitative estimate of drug-likeness (QED) is 0.649. The summed E-state index contributed by atoms with van der Waals surface area (Å²) in [5.41, 5.74) is 2.51. The number of phenols is 1. The SMILES string of the molecule is Cc1cc(C(=O)Nc2cnc(-c3cccc(O)c3)nc2)cc(S(=O)(=O)N(C)C)c1C. The first kappa shape index (κ1) is 21.4. The third kappa shape index (κ3) is 4.32. The second-order valence-corrected chi connectivity index (χ2v) is 9.12. The third-order valence-electron chi connectivity index (χ3n) is 4.65. The Labute approximate surface area is 175 Å². The van der Waals surface area contributed by atoms with Gasteiger partial charge in [0.1, 0.15) is 5.75 Å². The Balaban J connectivity index is 1.87. The van der Waals surface area contributed by atoms with Crippen LogP contribution in [-0.4, -0.2) is 47.8 Å². The van der Waals surface area contributed by atoms with Gasteiger partial charge < -0.3 is 10.4 Å². The van der Waals surface area contributed by atoms with E-state index in [-0.39, 0.29) is 16.2 Å². The van der Waals surface area contributed by atoms with Crippen LogP contribution in [0.15, 0.2) is 53.7 Å². The minimum Gasteiger partial charge on any atom is -0.508 e. The van der Waals surface area contributed by atoms with Crippen molar-refractivity contribution in [2.45, 2.75) is 18.7 Å². The van der Waals surface area contributed by atoms with Crippen LogP contribution in [0.5, 0.6) is 5.75 Å². The summed E-state index contributed by atoms with van der Waals surface area (Å²) in [6.07, 6.45) is 2.89. The zero-order valence-corrected chi connectivity index (χ0v) is 17.9. The van der Waals surface area contributed by atoms with E-state index in [4.69, 9.17) is 0 Å². The summed E-state index contributed by atoms with van der Waals surface area (Å²) in [4.78, 5) is 21.2. The summed E-state index contributed by atoms with van der Waals surface area (Å²) in [6.45, 7) is 3.47. The van der Waals surface area contributed by atoms with Gasteiger partial charge in [0.15, 0.2) is 5.82 Å². The summed E-state index contributed by atoms with van der Waals surface area (Å²) in [5, 5.41) is 12.3. The molecule has 0 unspecified atom stereocenters. The van der Waals surface area contributed by atoms with Crippen LogP contribution < -0.4 is 5.32 Å². The van der Waals surface area contributed by atoms with Crippen molar-refractivity contribution < 1.29 is 18.3 Å². The summed E-state index contributed by atoms with van der Waals surface area (Å²) >= 11 is 0. The predicted octanol–water partition coefficient (Wildman–Crippen LogP) is 2.97. The van der Waals surface area contributed by atoms with Crippen LogP contribution in [-0.2, 0) is 10.0 Å². The number of aryl methyl sites for hydroxylation is 1. The zero-order valence-electron chi connectivity index (χ0n) is 17.0. The van der Waals surface area contributed by atoms with E-state index in [0.717, 1.165) is 4.31 Å². The molecule has 0 radical (unpaired) electrons. The predicted molar refractivity (Wildman–Crippen MR) is 114 cm³/mol. The number of carbonyl (C=O) groups is 1. The fourth-order valence-corrected chi connectivity index (χ4v) is 4.03. The van der Waals surface area contributed by atoms with Crippen molar-refractivity contribution in [1.82, 2.24) is 14.3 Å². The molecule has 3 rings (SSSR count). The lowest BCUT2D eigenvalue weighted by Crippen LogP contribution is -2.24. The van der Waals surface area contributed by atoms with E-state index < -0.39 is 15.9 Å². The molecule has 0 atom stereocenters. The molecule has 0 aliphatic rings. The number of sulfonamides is 1. The monoisotopic (exact) mass is 426 g/mol. The minimum atomic E-state index is -3.69. The standard InChI is InChI=1S/C21H22N4O4S/c1-13-8-16(10-19(14(13)2)30(28,29)25(3)4)21(27)24-17-11-22-20(23-12-17)15-6-5-7-18(26)9-15/h5-12,26H,1-4H3,(H,24,27). The average molecular weight is 426 g/mol. The fourth-order valence-electron chi connectivity index (χ4n) is 2.81. The highest BCUT2D eigenvalue weighted by Gasteiger charge is 2.23. The van der Waals surface area contributed by atoms with E-state index in [1.807, 2.05) is 0 Å². The first-order valence-corrected chi connectivity index (χ1v) is 10.5. The number of anilines is 1. The topological polar surface area (TPSA) is 112 Å². The van der Waals surface area contributed by atoms with Crippen molar-refractivity contribution in [1.29, 1.82) is 0 Å². The second kappa shape index (κ2) is 8.21. The molecule has 0 saturated heterocycles. The molecule has 0 bridgehead atoms. The number of benzene rings is 2. The van der Waals surface area contributed by atoms with E-state index in [1.54, 1.807) is 38.1 Å². The Morgan fingerprint density at radius 1 is 1.07 bits per heavy atom. The van der Waals surface area contributed by atoms with E-state index in [2.05, 4.69) is 15.3 Å². The molecule has 2 aromatic carbocycles. The molecule has 30 heavy (non-hydrogen) atoms. The van der Waals surface area contributed by atoms with E-state index in [9.17, 15) is 18.3 Å². The van der Waals surface area contributed by atoms with Gasteiger partial charge in [-0.15, -0.1) is 0 Å². The zero-order chi connectivity index (χ0) is 22.1. The van der Waals surface area contributed by atoms with E-state index in [0.29, 0.717) is 28.2 Å². The molecule has 0 aliphatic carbocycles. The number of nitrogens with zero attached hydrogens (tertiary/aromatic N) is 3. The smallest absolute Gasteiger partial charge is 0.255 e. The van der Waals surface area contributed by atoms with Crippen LogP contribution >= 0.6 is 0 Å². The van der Waals surface area contributed by atoms with Gasteiger partial charge in [-0.1, -0.05) is 12.1 Å². The summed E-state index contributed by atoms with van der Waals surface area (Å²) in [5.74, 6) is 0.0307. The van der Waals surface area contributed by atoms with Gasteiger partial charge in [0.05, 0.1) is 23.0 Å². The number of rotatable bonds is 5. The van der Waals surface area contributed by atoms with Gasteiger partial charge in [0.25, 0.3) is 5.91 Å². The lowest BCUT2D eigenvalue weighted by Gasteiger charge is -2.16. The number of amides is 1. The maximum Gasteiger partial charge on any atom is 0.255 e. The number of hydrogen-bond acceptors (Lipinski definition) is 6. The maximum atomic E-state index is 12.7. The van der Waals surface area contributed by atoms with Crippen LogP contribution in [0.25, 0.3) is 11.4 Å². The van der Waals surface area contributed by atoms with Gasteiger partial charge in [0.2, 0.25) is 10.0 Å². The second-order valence-electron chi connectivity index (χ2n) is 7.00. The Bertz CT molecular complexity index is 1210. The highest BCUT2D eigenvalue weighted by atomic mass is 32.2. The lowest BCUT2D eigenvalue weighted by atomic mass is 10.1. The molecule has 3 aromatic rings. The third-order valence-corrected chi connectivity index (χ3v) is 6.60. The largest absolute Gasteiger partial charge is 0.508 e. The average Bonchev–Trinajstić information content (AvgIpc) is 2.70. The number of aromatic nitrogens is 2. The Hall–Kier alpha value is -3.30. The van der Waals surface area contributed by atoms with Gasteiger partial charge in [0, 0.05) is 25.2 Å². The van der Waals surface area contributed by atoms with Crippen LogP contribution in [0.3, 0.4) is 0 Å². The minimum absolute atomic E-state index is 0.0909. The molecular weight excluding hydrogens is 404 g/mol. The van der Waals surface area contributed by atoms with Gasteiger partial charge in [-0.05, 0) is 49.2 Å². The van der Waals surface area contributed by atoms with Crippen LogP contribution in [0.4, 0.5) is 5.69 Å². The molecule has 2 N–H and O–H groups in total. The van der Waals surface area contributed by atoms with E-state index in [1.165, 1.54) is 38.6 Å². The Kier molecular flexibility index (Phi) is 5.86. The van der Waals surface area contributed by atoms with Crippen molar-refractivity contribution in [2.24, 2.45) is 0 Å². The molecule has 1 amide bonds. The Morgan fingerprint density at radius 2 is 1.73 bits per heavy atom. The highest BCUT2D eigenvalue weighted by molar-refractivity contribution is 7.89. The first-order valence-electron chi connectivity index (χ1n) is 9.06. The summed E-state index contributed by atoms with van der Waals surface area (Å²) in [6, 6.07) is 9.54. The molecule has 1 aromatic heterocycles. The van der Waals surface area contributed by atoms with Crippen LogP contribution in [0, 0.1) is 13.8 Å². The molecule has 0 aliphatic heterocycles. The molecule has 0 fully saturated rings. The van der Waals surface area contributed by atoms with Crippen LogP contribution in [0.1, 0.15) is 21.5 Å². The highest BCUT2D eigenvalue weighted by Crippen LogP contribution is 2.24. The van der Waals surface area contributed by atoms with Crippen molar-refractivity contribution in [3.8, 4) is 17.1 Å². The molecule has 1 heterocycles. The maximum absolute atomic E-state index is 12.7. The van der Waals surface area contributed by atoms with Crippen LogP contribution in [0.2, 0.25) is 0 Å². The van der Waals surface area contributed by atoms with E-state index >= 15 is 0 Å². The Morgan fingerprint density at radius 3 is 2.33 bits per heavy atom.